The Hall–Kier alpha value is -2.13. The maximum Gasteiger partial charge on any atom is 0.306 e. The lowest BCUT2D eigenvalue weighted by atomic mass is 9.82. The summed E-state index contributed by atoms with van der Waals surface area (Å²) >= 11 is 5.97. The van der Waals surface area contributed by atoms with Crippen LogP contribution in [0, 0.1) is 19.3 Å². The molecule has 3 nitrogen and oxygen atoms in total. The molecule has 0 aromatic heterocycles. The molecule has 0 saturated heterocycles. The summed E-state index contributed by atoms with van der Waals surface area (Å²) in [5.41, 5.74) is 5.06. The molecule has 0 aliphatic carbocycles. The Bertz CT molecular complexity index is 812. The molecule has 2 rings (SSSR count). The molecule has 27 heavy (non-hydrogen) atoms. The van der Waals surface area contributed by atoms with E-state index in [1.165, 1.54) is 7.11 Å². The summed E-state index contributed by atoms with van der Waals surface area (Å²) in [6, 6.07) is 12.0. The molecule has 2 aromatic rings. The van der Waals surface area contributed by atoms with Crippen molar-refractivity contribution in [3.8, 4) is 11.1 Å². The van der Waals surface area contributed by atoms with Crippen molar-refractivity contribution in [2.24, 2.45) is 5.41 Å². The zero-order chi connectivity index (χ0) is 20.2. The monoisotopic (exact) mass is 386 g/mol. The highest BCUT2D eigenvalue weighted by atomic mass is 35.5. The van der Waals surface area contributed by atoms with Crippen LogP contribution in [0.1, 0.15) is 43.4 Å². The molecular weight excluding hydrogens is 360 g/mol. The van der Waals surface area contributed by atoms with Gasteiger partial charge in [-0.3, -0.25) is 9.59 Å². The molecule has 0 heterocycles. The average Bonchev–Trinajstić information content (AvgIpc) is 2.57. The molecule has 0 saturated carbocycles. The Morgan fingerprint density at radius 3 is 2.04 bits per heavy atom. The summed E-state index contributed by atoms with van der Waals surface area (Å²) < 4.78 is 4.73. The highest BCUT2D eigenvalue weighted by Gasteiger charge is 2.26. The second-order valence-corrected chi connectivity index (χ2v) is 8.34. The lowest BCUT2D eigenvalue weighted by molar-refractivity contribution is -0.143. The number of ether oxygens (including phenoxy) is 1. The zero-order valence-electron chi connectivity index (χ0n) is 16.7. The second kappa shape index (κ2) is 8.71. The van der Waals surface area contributed by atoms with Gasteiger partial charge in [0.05, 0.1) is 13.5 Å². The molecule has 144 valence electrons. The first kappa shape index (κ1) is 21.2. The molecule has 0 N–H and O–H groups in total. The van der Waals surface area contributed by atoms with Crippen molar-refractivity contribution in [3.63, 3.8) is 0 Å². The average molecular weight is 387 g/mol. The van der Waals surface area contributed by atoms with Gasteiger partial charge in [-0.25, -0.2) is 0 Å². The number of carbonyl (C=O) groups excluding carboxylic acids is 2. The maximum atomic E-state index is 12.6. The fourth-order valence-electron chi connectivity index (χ4n) is 3.40. The summed E-state index contributed by atoms with van der Waals surface area (Å²) in [6.45, 7) is 7.92. The molecule has 0 unspecified atom stereocenters. The van der Waals surface area contributed by atoms with E-state index in [9.17, 15) is 9.59 Å². The Morgan fingerprint density at radius 1 is 0.963 bits per heavy atom. The van der Waals surface area contributed by atoms with E-state index in [2.05, 4.69) is 12.1 Å². The summed E-state index contributed by atoms with van der Waals surface area (Å²) in [4.78, 5) is 24.2. The predicted molar refractivity (Wildman–Crippen MR) is 110 cm³/mol. The van der Waals surface area contributed by atoms with Crippen LogP contribution in [0.4, 0.5) is 0 Å². The fourth-order valence-corrected chi connectivity index (χ4v) is 3.53. The minimum atomic E-state index is -0.408. The number of hydrogen-bond donors (Lipinski definition) is 0. The van der Waals surface area contributed by atoms with E-state index >= 15 is 0 Å². The highest BCUT2D eigenvalue weighted by molar-refractivity contribution is 6.30. The largest absolute Gasteiger partial charge is 0.469 e. The van der Waals surface area contributed by atoms with Crippen LogP contribution in [0.3, 0.4) is 0 Å². The van der Waals surface area contributed by atoms with Crippen molar-refractivity contribution < 1.29 is 14.3 Å². The Labute approximate surface area is 166 Å². The highest BCUT2D eigenvalue weighted by Crippen LogP contribution is 2.29. The summed E-state index contributed by atoms with van der Waals surface area (Å²) in [5, 5.41) is 0.712. The van der Waals surface area contributed by atoms with Gasteiger partial charge in [0.15, 0.2) is 0 Å². The standard InChI is InChI=1S/C23H27ClO3/c1-15-10-18(17-6-8-19(24)9-7-17)11-16(2)21(15)12-20(25)13-23(3,4)14-22(26)27-5/h6-11H,12-14H2,1-5H3. The van der Waals surface area contributed by atoms with Crippen molar-refractivity contribution >= 4 is 23.4 Å². The third-order valence-electron chi connectivity index (χ3n) is 4.77. The van der Waals surface area contributed by atoms with Gasteiger partial charge in [-0.2, -0.15) is 0 Å². The molecular formula is C23H27ClO3. The topological polar surface area (TPSA) is 43.4 Å². The number of hydrogen-bond acceptors (Lipinski definition) is 3. The minimum absolute atomic E-state index is 0.134. The minimum Gasteiger partial charge on any atom is -0.469 e. The van der Waals surface area contributed by atoms with Gasteiger partial charge in [-0.05, 0) is 59.2 Å². The number of rotatable bonds is 7. The van der Waals surface area contributed by atoms with Crippen LogP contribution in [-0.4, -0.2) is 18.9 Å². The lowest BCUT2D eigenvalue weighted by Gasteiger charge is -2.22. The van der Waals surface area contributed by atoms with E-state index in [-0.39, 0.29) is 18.2 Å². The van der Waals surface area contributed by atoms with Crippen molar-refractivity contribution in [3.05, 3.63) is 58.1 Å². The van der Waals surface area contributed by atoms with Gasteiger partial charge in [0.2, 0.25) is 0 Å². The number of benzene rings is 2. The maximum absolute atomic E-state index is 12.6. The van der Waals surface area contributed by atoms with Gasteiger partial charge in [0, 0.05) is 17.9 Å². The molecule has 0 atom stereocenters. The van der Waals surface area contributed by atoms with E-state index in [4.69, 9.17) is 16.3 Å². The van der Waals surface area contributed by atoms with Gasteiger partial charge in [-0.15, -0.1) is 0 Å². The summed E-state index contributed by atoms with van der Waals surface area (Å²) in [7, 11) is 1.37. The van der Waals surface area contributed by atoms with Crippen LogP contribution < -0.4 is 0 Å². The molecule has 4 heteroatoms. The number of aryl methyl sites for hydroxylation is 2. The molecule has 0 aliphatic rings. The van der Waals surface area contributed by atoms with E-state index in [1.807, 2.05) is 52.0 Å². The Balaban J connectivity index is 2.16. The van der Waals surface area contributed by atoms with Gasteiger partial charge < -0.3 is 4.74 Å². The van der Waals surface area contributed by atoms with Crippen LogP contribution in [0.5, 0.6) is 0 Å². The van der Waals surface area contributed by atoms with Crippen molar-refractivity contribution in [1.29, 1.82) is 0 Å². The number of esters is 1. The molecule has 0 amide bonds. The van der Waals surface area contributed by atoms with Crippen LogP contribution >= 0.6 is 11.6 Å². The predicted octanol–water partition coefficient (Wildman–Crippen LogP) is 5.71. The first-order valence-electron chi connectivity index (χ1n) is 9.06. The van der Waals surface area contributed by atoms with Gasteiger partial charge in [0.25, 0.3) is 0 Å². The summed E-state index contributed by atoms with van der Waals surface area (Å²) in [5.74, 6) is -0.151. The fraction of sp³-hybridized carbons (Fsp3) is 0.391. The second-order valence-electron chi connectivity index (χ2n) is 7.90. The van der Waals surface area contributed by atoms with Crippen molar-refractivity contribution in [2.75, 3.05) is 7.11 Å². The van der Waals surface area contributed by atoms with Crippen molar-refractivity contribution in [1.82, 2.24) is 0 Å². The first-order valence-corrected chi connectivity index (χ1v) is 9.43. The molecule has 0 bridgehead atoms. The molecule has 0 radical (unpaired) electrons. The molecule has 0 fully saturated rings. The quantitative estimate of drug-likeness (QED) is 0.572. The van der Waals surface area contributed by atoms with Crippen LogP contribution in [0.25, 0.3) is 11.1 Å². The van der Waals surface area contributed by atoms with E-state index < -0.39 is 5.41 Å². The third-order valence-corrected chi connectivity index (χ3v) is 5.03. The van der Waals surface area contributed by atoms with Crippen LogP contribution in [-0.2, 0) is 20.7 Å². The van der Waals surface area contributed by atoms with Crippen LogP contribution in [0.2, 0.25) is 5.02 Å². The number of carbonyl (C=O) groups is 2. The van der Waals surface area contributed by atoms with E-state index in [1.54, 1.807) is 0 Å². The summed E-state index contributed by atoms with van der Waals surface area (Å²) in [6.07, 6.45) is 0.964. The number of halogens is 1. The Kier molecular flexibility index (Phi) is 6.83. The first-order chi connectivity index (χ1) is 12.6. The van der Waals surface area contributed by atoms with Crippen LogP contribution in [0.15, 0.2) is 36.4 Å². The Morgan fingerprint density at radius 2 is 1.52 bits per heavy atom. The van der Waals surface area contributed by atoms with Crippen molar-refractivity contribution in [2.45, 2.75) is 47.0 Å². The lowest BCUT2D eigenvalue weighted by Crippen LogP contribution is -2.23. The van der Waals surface area contributed by atoms with Gasteiger partial charge in [0.1, 0.15) is 5.78 Å². The molecule has 0 spiro atoms. The number of ketones is 1. The SMILES string of the molecule is COC(=O)CC(C)(C)CC(=O)Cc1c(C)cc(-c2ccc(Cl)cc2)cc1C. The van der Waals surface area contributed by atoms with E-state index in [0.717, 1.165) is 27.8 Å². The van der Waals surface area contributed by atoms with E-state index in [0.29, 0.717) is 17.9 Å². The smallest absolute Gasteiger partial charge is 0.306 e. The number of methoxy groups -OCH3 is 1. The molecule has 0 aliphatic heterocycles. The number of Topliss-reactive ketones (excluding diaryl/α,β-unsaturated/α-hetero) is 1. The normalized spacial score (nSPS) is 11.3. The van der Waals surface area contributed by atoms with Gasteiger partial charge >= 0.3 is 5.97 Å². The van der Waals surface area contributed by atoms with Gasteiger partial charge in [-0.1, -0.05) is 49.7 Å². The molecule has 2 aromatic carbocycles. The zero-order valence-corrected chi connectivity index (χ0v) is 17.4. The third kappa shape index (κ3) is 5.93.